The molecule has 2 N–H and O–H groups in total. The van der Waals surface area contributed by atoms with Crippen LogP contribution >= 0.6 is 11.6 Å². The lowest BCUT2D eigenvalue weighted by atomic mass is 10.2. The second-order valence-corrected chi connectivity index (χ2v) is 3.59. The van der Waals surface area contributed by atoms with Gasteiger partial charge < -0.3 is 5.32 Å². The molecule has 0 saturated carbocycles. The zero-order chi connectivity index (χ0) is 12.4. The maximum atomic E-state index is 13.4. The lowest BCUT2D eigenvalue weighted by Crippen LogP contribution is -2.13. The number of carbonyl (C=O) groups excluding carboxylic acids is 1. The van der Waals surface area contributed by atoms with Crippen LogP contribution in [0.1, 0.15) is 10.4 Å². The summed E-state index contributed by atoms with van der Waals surface area (Å²) in [7, 11) is 0. The van der Waals surface area contributed by atoms with Crippen molar-refractivity contribution in [3.8, 4) is 0 Å². The lowest BCUT2D eigenvalue weighted by molar-refractivity contribution is 0.102. The van der Waals surface area contributed by atoms with Crippen molar-refractivity contribution in [3.63, 3.8) is 0 Å². The molecule has 1 amide bonds. The summed E-state index contributed by atoms with van der Waals surface area (Å²) in [5.41, 5.74) is -0.0714. The van der Waals surface area contributed by atoms with Crippen molar-refractivity contribution in [3.05, 3.63) is 46.7 Å². The minimum Gasteiger partial charge on any atom is -0.319 e. The molecule has 0 saturated heterocycles. The number of carbonyl (C=O) groups is 1. The predicted octanol–water partition coefficient (Wildman–Crippen LogP) is 2.59. The third-order valence-electron chi connectivity index (χ3n) is 2.01. The molecule has 2 rings (SSSR count). The smallest absolute Gasteiger partial charge is 0.258 e. The van der Waals surface area contributed by atoms with Crippen LogP contribution in [0.4, 0.5) is 14.5 Å². The van der Waals surface area contributed by atoms with Gasteiger partial charge in [0.15, 0.2) is 0 Å². The molecule has 0 atom stereocenters. The van der Waals surface area contributed by atoms with Crippen LogP contribution < -0.4 is 5.32 Å². The fraction of sp³-hybridized carbons (Fsp3) is 0. The molecule has 7 heteroatoms. The maximum absolute atomic E-state index is 13.4. The van der Waals surface area contributed by atoms with E-state index < -0.39 is 23.1 Å². The molecule has 1 heterocycles. The molecule has 1 aromatic carbocycles. The third-order valence-corrected chi connectivity index (χ3v) is 2.30. The van der Waals surface area contributed by atoms with Gasteiger partial charge in [0.05, 0.1) is 22.5 Å². The standard InChI is InChI=1S/C10H6ClF2N3O/c11-7-2-8(12)6(1-9(7)13)10(17)16-5-3-14-15-4-5/h1-4H,(H,14,15)(H,16,17). The summed E-state index contributed by atoms with van der Waals surface area (Å²) < 4.78 is 26.5. The molecule has 0 spiro atoms. The van der Waals surface area contributed by atoms with Gasteiger partial charge in [0, 0.05) is 6.20 Å². The molecular formula is C10H6ClF2N3O. The van der Waals surface area contributed by atoms with Crippen LogP contribution in [-0.2, 0) is 0 Å². The van der Waals surface area contributed by atoms with Gasteiger partial charge in [0.2, 0.25) is 0 Å². The summed E-state index contributed by atoms with van der Waals surface area (Å²) in [5, 5.41) is 8.03. The number of nitrogens with one attached hydrogen (secondary N) is 2. The van der Waals surface area contributed by atoms with Crippen LogP contribution in [0.15, 0.2) is 24.5 Å². The first-order chi connectivity index (χ1) is 8.08. The van der Waals surface area contributed by atoms with Gasteiger partial charge in [-0.05, 0) is 12.1 Å². The van der Waals surface area contributed by atoms with Crippen molar-refractivity contribution in [2.45, 2.75) is 0 Å². The minimum absolute atomic E-state index is 0.352. The SMILES string of the molecule is O=C(Nc1cn[nH]c1)c1cc(F)c(Cl)cc1F. The highest BCUT2D eigenvalue weighted by atomic mass is 35.5. The monoisotopic (exact) mass is 257 g/mol. The third kappa shape index (κ3) is 2.42. The molecular weight excluding hydrogens is 252 g/mol. The molecule has 0 bridgehead atoms. The van der Waals surface area contributed by atoms with E-state index in [-0.39, 0.29) is 5.02 Å². The van der Waals surface area contributed by atoms with Gasteiger partial charge in [0.25, 0.3) is 5.91 Å². The van der Waals surface area contributed by atoms with E-state index in [0.717, 1.165) is 12.1 Å². The Bertz CT molecular complexity index is 557. The number of anilines is 1. The average Bonchev–Trinajstić information content (AvgIpc) is 2.76. The van der Waals surface area contributed by atoms with E-state index >= 15 is 0 Å². The molecule has 2 aromatic rings. The van der Waals surface area contributed by atoms with Crippen LogP contribution in [0.2, 0.25) is 5.02 Å². The highest BCUT2D eigenvalue weighted by Gasteiger charge is 2.15. The number of H-pyrrole nitrogens is 1. The van der Waals surface area contributed by atoms with E-state index in [2.05, 4.69) is 15.5 Å². The van der Waals surface area contributed by atoms with Crippen molar-refractivity contribution < 1.29 is 13.6 Å². The highest BCUT2D eigenvalue weighted by molar-refractivity contribution is 6.30. The number of nitrogens with zero attached hydrogens (tertiary/aromatic N) is 1. The molecule has 88 valence electrons. The largest absolute Gasteiger partial charge is 0.319 e. The molecule has 0 unspecified atom stereocenters. The van der Waals surface area contributed by atoms with Crippen LogP contribution in [0, 0.1) is 11.6 Å². The summed E-state index contributed by atoms with van der Waals surface area (Å²) in [6.45, 7) is 0. The average molecular weight is 258 g/mol. The number of hydrogen-bond donors (Lipinski definition) is 2. The Kier molecular flexibility index (Phi) is 3.06. The molecule has 0 fully saturated rings. The summed E-state index contributed by atoms with van der Waals surface area (Å²) in [4.78, 5) is 11.6. The molecule has 0 radical (unpaired) electrons. The molecule has 0 aliphatic rings. The topological polar surface area (TPSA) is 57.8 Å². The quantitative estimate of drug-likeness (QED) is 0.813. The number of rotatable bonds is 2. The Hall–Kier alpha value is -1.95. The van der Waals surface area contributed by atoms with Gasteiger partial charge in [-0.3, -0.25) is 9.89 Å². The van der Waals surface area contributed by atoms with E-state index in [1.54, 1.807) is 0 Å². The Labute approximate surface area is 99.6 Å². The van der Waals surface area contributed by atoms with Gasteiger partial charge in [-0.15, -0.1) is 0 Å². The molecule has 4 nitrogen and oxygen atoms in total. The zero-order valence-electron chi connectivity index (χ0n) is 8.30. The maximum Gasteiger partial charge on any atom is 0.258 e. The Morgan fingerprint density at radius 3 is 2.76 bits per heavy atom. The van der Waals surface area contributed by atoms with Gasteiger partial charge in [-0.25, -0.2) is 8.78 Å². The van der Waals surface area contributed by atoms with Gasteiger partial charge >= 0.3 is 0 Å². The molecule has 1 aromatic heterocycles. The summed E-state index contributed by atoms with van der Waals surface area (Å²) in [6, 6.07) is 1.49. The van der Waals surface area contributed by atoms with Crippen molar-refractivity contribution in [2.24, 2.45) is 0 Å². The Balaban J connectivity index is 2.28. The first-order valence-corrected chi connectivity index (χ1v) is 4.90. The van der Waals surface area contributed by atoms with Crippen LogP contribution in [0.5, 0.6) is 0 Å². The van der Waals surface area contributed by atoms with Gasteiger partial charge in [-0.2, -0.15) is 5.10 Å². The van der Waals surface area contributed by atoms with E-state index in [1.807, 2.05) is 0 Å². The van der Waals surface area contributed by atoms with E-state index in [9.17, 15) is 13.6 Å². The Morgan fingerprint density at radius 1 is 1.35 bits per heavy atom. The fourth-order valence-corrected chi connectivity index (χ4v) is 1.36. The van der Waals surface area contributed by atoms with E-state index in [0.29, 0.717) is 5.69 Å². The highest BCUT2D eigenvalue weighted by Crippen LogP contribution is 2.20. The minimum atomic E-state index is -0.891. The fourth-order valence-electron chi connectivity index (χ4n) is 1.21. The van der Waals surface area contributed by atoms with Crippen LogP contribution in [0.25, 0.3) is 0 Å². The van der Waals surface area contributed by atoms with E-state index in [1.165, 1.54) is 12.4 Å². The first-order valence-electron chi connectivity index (χ1n) is 4.52. The van der Waals surface area contributed by atoms with Crippen LogP contribution in [0.3, 0.4) is 0 Å². The zero-order valence-corrected chi connectivity index (χ0v) is 9.05. The lowest BCUT2D eigenvalue weighted by Gasteiger charge is -2.04. The summed E-state index contributed by atoms with van der Waals surface area (Å²) in [5.74, 6) is -2.53. The summed E-state index contributed by atoms with van der Waals surface area (Å²) >= 11 is 5.37. The normalized spacial score (nSPS) is 10.3. The number of halogens is 3. The Morgan fingerprint density at radius 2 is 2.12 bits per heavy atom. The van der Waals surface area contributed by atoms with Crippen molar-refractivity contribution >= 4 is 23.2 Å². The van der Waals surface area contributed by atoms with Gasteiger partial charge in [-0.1, -0.05) is 11.6 Å². The van der Waals surface area contributed by atoms with Crippen molar-refractivity contribution in [2.75, 3.05) is 5.32 Å². The molecule has 0 aliphatic carbocycles. The van der Waals surface area contributed by atoms with Crippen molar-refractivity contribution in [1.29, 1.82) is 0 Å². The first kappa shape index (κ1) is 11.5. The molecule has 0 aliphatic heterocycles. The number of hydrogen-bond acceptors (Lipinski definition) is 2. The van der Waals surface area contributed by atoms with E-state index in [4.69, 9.17) is 11.6 Å². The van der Waals surface area contributed by atoms with Crippen LogP contribution in [-0.4, -0.2) is 16.1 Å². The molecule has 17 heavy (non-hydrogen) atoms. The van der Waals surface area contributed by atoms with Gasteiger partial charge in [0.1, 0.15) is 11.6 Å². The predicted molar refractivity (Wildman–Crippen MR) is 57.9 cm³/mol. The number of aromatic amines is 1. The second-order valence-electron chi connectivity index (χ2n) is 3.19. The number of benzene rings is 1. The summed E-state index contributed by atoms with van der Waals surface area (Å²) in [6.07, 6.45) is 2.74. The number of amides is 1. The number of aromatic nitrogens is 2. The second kappa shape index (κ2) is 4.50. The van der Waals surface area contributed by atoms with Crippen molar-refractivity contribution in [1.82, 2.24) is 10.2 Å².